The number of carbonyl (C=O) groups is 3. The van der Waals surface area contributed by atoms with E-state index in [2.05, 4.69) is 0 Å². The molecule has 206 valence electrons. The first-order valence-electron chi connectivity index (χ1n) is 13.1. The molecule has 1 saturated heterocycles. The van der Waals surface area contributed by atoms with Gasteiger partial charge in [0.05, 0.1) is 11.4 Å². The van der Waals surface area contributed by atoms with Gasteiger partial charge in [0, 0.05) is 24.0 Å². The van der Waals surface area contributed by atoms with Crippen LogP contribution in [0.15, 0.2) is 84.4 Å². The number of ether oxygens (including phenoxy) is 1. The van der Waals surface area contributed by atoms with Crippen LogP contribution in [0.5, 0.6) is 5.75 Å². The highest BCUT2D eigenvalue weighted by Crippen LogP contribution is 2.32. The molecule has 5 rings (SSSR count). The number of para-hydroxylation sites is 1. The second-order valence-electron chi connectivity index (χ2n) is 9.98. The quantitative estimate of drug-likeness (QED) is 0.0926. The Morgan fingerprint density at radius 1 is 0.756 bits per heavy atom. The lowest BCUT2D eigenvalue weighted by Crippen LogP contribution is -2.57. The molecule has 0 unspecified atom stereocenters. The summed E-state index contributed by atoms with van der Waals surface area (Å²) >= 11 is 5.76. The van der Waals surface area contributed by atoms with Crippen molar-refractivity contribution in [3.8, 4) is 11.4 Å². The number of amides is 2. The number of rotatable bonds is 5. The highest BCUT2D eigenvalue weighted by molar-refractivity contribution is 7.81. The molecule has 0 aliphatic carbocycles. The average molecular weight is 564 g/mol. The summed E-state index contributed by atoms with van der Waals surface area (Å²) < 4.78 is 7.17. The van der Waals surface area contributed by atoms with Gasteiger partial charge in [-0.3, -0.25) is 24.2 Å². The third-order valence-corrected chi connectivity index (χ3v) is 7.50. The standard InChI is InChI=1S/C33H29N3O4S/c1-20-11-12-28(17-21(20)2)36-32(39)30(31(38)35(33(36)41)26-9-7-6-8-10-26)19-25-18-22(3)34(23(25)4)27-13-15-29(16-14-27)40-24(5)37/h6-19H,1-5H3/b30-19+. The van der Waals surface area contributed by atoms with Crippen LogP contribution in [0.25, 0.3) is 11.8 Å². The highest BCUT2D eigenvalue weighted by Gasteiger charge is 2.41. The maximum Gasteiger partial charge on any atom is 0.308 e. The molecule has 0 bridgehead atoms. The lowest BCUT2D eigenvalue weighted by Gasteiger charge is -2.36. The SMILES string of the molecule is CC(=O)Oc1ccc(-n2c(C)cc(/C=C3\C(=O)N(c4ccccc4)C(=S)N(c4ccc(C)c(C)c4)C3=O)c2C)cc1. The number of aromatic nitrogens is 1. The molecular weight excluding hydrogens is 534 g/mol. The van der Waals surface area contributed by atoms with Crippen molar-refractivity contribution < 1.29 is 19.1 Å². The first kappa shape index (κ1) is 27.7. The van der Waals surface area contributed by atoms with E-state index in [4.69, 9.17) is 17.0 Å². The van der Waals surface area contributed by atoms with Gasteiger partial charge >= 0.3 is 5.97 Å². The van der Waals surface area contributed by atoms with Gasteiger partial charge in [0.2, 0.25) is 0 Å². The van der Waals surface area contributed by atoms with Crippen molar-refractivity contribution in [3.63, 3.8) is 0 Å². The average Bonchev–Trinajstić information content (AvgIpc) is 3.21. The van der Waals surface area contributed by atoms with Crippen LogP contribution in [0.1, 0.15) is 35.0 Å². The van der Waals surface area contributed by atoms with Crippen molar-refractivity contribution in [2.45, 2.75) is 34.6 Å². The van der Waals surface area contributed by atoms with Crippen LogP contribution in [0.4, 0.5) is 11.4 Å². The molecule has 4 aromatic rings. The summed E-state index contributed by atoms with van der Waals surface area (Å²) in [6.45, 7) is 9.21. The maximum atomic E-state index is 14.0. The predicted octanol–water partition coefficient (Wildman–Crippen LogP) is 6.38. The molecule has 0 N–H and O–H groups in total. The molecule has 0 saturated carbocycles. The fourth-order valence-corrected chi connectivity index (χ4v) is 5.32. The second kappa shape index (κ2) is 11.0. The smallest absolute Gasteiger partial charge is 0.308 e. The summed E-state index contributed by atoms with van der Waals surface area (Å²) in [6.07, 6.45) is 1.64. The molecule has 41 heavy (non-hydrogen) atoms. The zero-order valence-corrected chi connectivity index (χ0v) is 24.3. The number of hydrogen-bond acceptors (Lipinski definition) is 5. The Morgan fingerprint density at radius 3 is 1.98 bits per heavy atom. The summed E-state index contributed by atoms with van der Waals surface area (Å²) in [5.41, 5.74) is 6.61. The number of carbonyl (C=O) groups excluding carboxylic acids is 3. The van der Waals surface area contributed by atoms with E-state index in [-0.39, 0.29) is 16.7 Å². The molecule has 7 nitrogen and oxygen atoms in total. The minimum atomic E-state index is -0.484. The Morgan fingerprint density at radius 2 is 1.37 bits per heavy atom. The zero-order valence-electron chi connectivity index (χ0n) is 23.5. The minimum Gasteiger partial charge on any atom is -0.427 e. The molecular formula is C33H29N3O4S. The van der Waals surface area contributed by atoms with Gasteiger partial charge < -0.3 is 9.30 Å². The Labute approximate surface area is 244 Å². The van der Waals surface area contributed by atoms with Gasteiger partial charge in [0.1, 0.15) is 11.3 Å². The van der Waals surface area contributed by atoms with E-state index >= 15 is 0 Å². The summed E-state index contributed by atoms with van der Waals surface area (Å²) in [5, 5.41) is 0.102. The van der Waals surface area contributed by atoms with Crippen LogP contribution >= 0.6 is 12.2 Å². The monoisotopic (exact) mass is 563 g/mol. The number of aryl methyl sites for hydroxylation is 3. The number of hydrogen-bond donors (Lipinski definition) is 0. The molecule has 8 heteroatoms. The van der Waals surface area contributed by atoms with Crippen LogP contribution in [0.3, 0.4) is 0 Å². The molecule has 1 aliphatic heterocycles. The molecule has 1 aliphatic rings. The first-order valence-corrected chi connectivity index (χ1v) is 13.5. The number of nitrogens with zero attached hydrogens (tertiary/aromatic N) is 3. The van der Waals surface area contributed by atoms with Gasteiger partial charge in [-0.1, -0.05) is 24.3 Å². The second-order valence-corrected chi connectivity index (χ2v) is 10.3. The lowest BCUT2D eigenvalue weighted by molar-refractivity contribution is -0.132. The predicted molar refractivity (Wildman–Crippen MR) is 164 cm³/mol. The van der Waals surface area contributed by atoms with Crippen molar-refractivity contribution in [3.05, 3.63) is 113 Å². The largest absolute Gasteiger partial charge is 0.427 e. The Hall–Kier alpha value is -4.82. The molecule has 0 radical (unpaired) electrons. The van der Waals surface area contributed by atoms with Crippen molar-refractivity contribution in [1.29, 1.82) is 0 Å². The van der Waals surface area contributed by atoms with E-state index < -0.39 is 11.8 Å². The van der Waals surface area contributed by atoms with Crippen molar-refractivity contribution in [2.75, 3.05) is 9.80 Å². The summed E-state index contributed by atoms with van der Waals surface area (Å²) in [4.78, 5) is 42.0. The van der Waals surface area contributed by atoms with E-state index in [0.29, 0.717) is 17.1 Å². The summed E-state index contributed by atoms with van der Waals surface area (Å²) in [7, 11) is 0. The van der Waals surface area contributed by atoms with Crippen LogP contribution < -0.4 is 14.5 Å². The van der Waals surface area contributed by atoms with Gasteiger partial charge in [-0.05, 0) is 117 Å². The highest BCUT2D eigenvalue weighted by atomic mass is 32.1. The van der Waals surface area contributed by atoms with Gasteiger partial charge in [-0.25, -0.2) is 0 Å². The third kappa shape index (κ3) is 5.21. The first-order chi connectivity index (χ1) is 19.6. The van der Waals surface area contributed by atoms with Gasteiger partial charge in [-0.15, -0.1) is 0 Å². The Kier molecular flexibility index (Phi) is 7.43. The number of anilines is 2. The number of esters is 1. The van der Waals surface area contributed by atoms with Crippen LogP contribution in [-0.4, -0.2) is 27.5 Å². The van der Waals surface area contributed by atoms with Crippen molar-refractivity contribution in [2.24, 2.45) is 0 Å². The minimum absolute atomic E-state index is 0.00568. The Bertz CT molecular complexity index is 1740. The topological polar surface area (TPSA) is 71.8 Å². The maximum absolute atomic E-state index is 14.0. The van der Waals surface area contributed by atoms with Crippen LogP contribution in [0.2, 0.25) is 0 Å². The number of benzene rings is 3. The van der Waals surface area contributed by atoms with E-state index in [1.54, 1.807) is 30.3 Å². The van der Waals surface area contributed by atoms with E-state index in [0.717, 1.165) is 33.8 Å². The van der Waals surface area contributed by atoms with Gasteiger partial charge in [0.15, 0.2) is 5.11 Å². The van der Waals surface area contributed by atoms with Crippen molar-refractivity contribution >= 4 is 52.6 Å². The molecule has 1 aromatic heterocycles. The molecule has 3 aromatic carbocycles. The molecule has 2 heterocycles. The van der Waals surface area contributed by atoms with Gasteiger partial charge in [0.25, 0.3) is 11.8 Å². The third-order valence-electron chi connectivity index (χ3n) is 7.14. The van der Waals surface area contributed by atoms with E-state index in [1.807, 2.05) is 86.9 Å². The summed E-state index contributed by atoms with van der Waals surface area (Å²) in [5.74, 6) is -0.902. The summed E-state index contributed by atoms with van der Waals surface area (Å²) in [6, 6.07) is 23.9. The molecule has 0 spiro atoms. The fourth-order valence-electron chi connectivity index (χ4n) is 4.94. The van der Waals surface area contributed by atoms with E-state index in [1.165, 1.54) is 16.7 Å². The molecule has 1 fully saturated rings. The normalized spacial score (nSPS) is 14.7. The van der Waals surface area contributed by atoms with Crippen LogP contribution in [0, 0.1) is 27.7 Å². The Balaban J connectivity index is 1.61. The van der Waals surface area contributed by atoms with E-state index in [9.17, 15) is 14.4 Å². The molecule has 2 amide bonds. The fraction of sp³-hybridized carbons (Fsp3) is 0.152. The van der Waals surface area contributed by atoms with Crippen molar-refractivity contribution in [1.82, 2.24) is 4.57 Å². The van der Waals surface area contributed by atoms with Crippen LogP contribution in [-0.2, 0) is 14.4 Å². The number of thiocarbonyl (C=S) groups is 1. The zero-order chi connectivity index (χ0) is 29.4. The molecule has 0 atom stereocenters. The lowest BCUT2D eigenvalue weighted by atomic mass is 10.0. The van der Waals surface area contributed by atoms with Gasteiger partial charge in [-0.2, -0.15) is 0 Å².